The van der Waals surface area contributed by atoms with E-state index in [1.807, 2.05) is 6.92 Å². The Morgan fingerprint density at radius 1 is 1.50 bits per heavy atom. The molecule has 10 heavy (non-hydrogen) atoms. The van der Waals surface area contributed by atoms with Gasteiger partial charge in [-0.15, -0.1) is 0 Å². The van der Waals surface area contributed by atoms with Crippen molar-refractivity contribution in [2.45, 2.75) is 6.92 Å². The van der Waals surface area contributed by atoms with Crippen molar-refractivity contribution in [3.63, 3.8) is 0 Å². The zero-order chi connectivity index (χ0) is 7.40. The summed E-state index contributed by atoms with van der Waals surface area (Å²) in [4.78, 5) is 7.56. The lowest BCUT2D eigenvalue weighted by Crippen LogP contribution is -1.98. The lowest BCUT2D eigenvalue weighted by molar-refractivity contribution is -0.532. The number of nitrogens with one attached hydrogen (secondary N) is 1. The number of aromatic nitrogens is 2. The molecule has 1 aromatic heterocycles. The third kappa shape index (κ3) is 1.34. The van der Waals surface area contributed by atoms with Crippen molar-refractivity contribution in [1.82, 2.24) is 9.97 Å². The van der Waals surface area contributed by atoms with E-state index in [1.165, 1.54) is 11.0 Å². The molecule has 0 spiro atoms. The Balaban J connectivity index is 2.85. The molecule has 1 heterocycles. The molecule has 0 bridgehead atoms. The average Bonchev–Trinajstić information content (AvgIpc) is 2.05. The summed E-state index contributed by atoms with van der Waals surface area (Å²) in [5, 5.41) is 0. The highest BCUT2D eigenvalue weighted by Gasteiger charge is 2.03. The van der Waals surface area contributed by atoms with Gasteiger partial charge in [0.15, 0.2) is 6.54 Å². The first-order chi connectivity index (χ1) is 4.84. The van der Waals surface area contributed by atoms with E-state index in [0.717, 1.165) is 5.69 Å². The lowest BCUT2D eigenvalue weighted by Gasteiger charge is -1.89. The molecule has 4 heteroatoms. The fraction of sp³-hybridized carbons (Fsp3) is 0.333. The van der Waals surface area contributed by atoms with Crippen LogP contribution in [0.15, 0.2) is 18.7 Å². The van der Waals surface area contributed by atoms with Crippen LogP contribution in [0.3, 0.4) is 0 Å². The Kier molecular flexibility index (Phi) is 2.04. The Hall–Kier alpha value is -1.32. The molecule has 1 aromatic rings. The molecule has 0 atom stereocenters. The molecule has 0 saturated carbocycles. The van der Waals surface area contributed by atoms with Crippen LogP contribution in [-0.2, 0) is 0 Å². The summed E-state index contributed by atoms with van der Waals surface area (Å²) in [6.07, 6.45) is 4.68. The van der Waals surface area contributed by atoms with Gasteiger partial charge in [-0.05, 0) is 6.92 Å². The van der Waals surface area contributed by atoms with Crippen LogP contribution >= 0.6 is 0 Å². The monoisotopic (exact) mass is 137 g/mol. The van der Waals surface area contributed by atoms with Crippen LogP contribution in [-0.4, -0.2) is 21.2 Å². The number of nitrogens with zero attached hydrogens (tertiary/aromatic N) is 3. The molecule has 0 unspecified atom stereocenters. The quantitative estimate of drug-likeness (QED) is 0.491. The second kappa shape index (κ2) is 3.00. The van der Waals surface area contributed by atoms with E-state index < -0.39 is 0 Å². The van der Waals surface area contributed by atoms with E-state index in [9.17, 15) is 0 Å². The van der Waals surface area contributed by atoms with E-state index in [0.29, 0.717) is 6.54 Å². The zero-order valence-electron chi connectivity index (χ0n) is 5.78. The van der Waals surface area contributed by atoms with E-state index in [2.05, 4.69) is 9.97 Å². The molecule has 0 aliphatic rings. The van der Waals surface area contributed by atoms with Gasteiger partial charge in [0.25, 0.3) is 5.69 Å². The Bertz CT molecular complexity index is 218. The standard InChI is InChI=1S/C6H9N4/c1-2-10(7)6-3-8-5-9-4-6/h3-5,7H,2H2,1H3/q+1. The number of rotatable bonds is 2. The van der Waals surface area contributed by atoms with Gasteiger partial charge in [-0.2, -0.15) is 0 Å². The van der Waals surface area contributed by atoms with Crippen LogP contribution in [0.2, 0.25) is 0 Å². The summed E-state index contributed by atoms with van der Waals surface area (Å²) >= 11 is 0. The van der Waals surface area contributed by atoms with Crippen LogP contribution < -0.4 is 0 Å². The predicted molar refractivity (Wildman–Crippen MR) is 35.2 cm³/mol. The first-order valence-electron chi connectivity index (χ1n) is 3.08. The van der Waals surface area contributed by atoms with E-state index in [-0.39, 0.29) is 0 Å². The second-order valence-corrected chi connectivity index (χ2v) is 1.84. The molecular weight excluding hydrogens is 128 g/mol. The van der Waals surface area contributed by atoms with Crippen molar-refractivity contribution in [3.8, 4) is 0 Å². The Labute approximate surface area is 59.0 Å². The molecule has 52 valence electrons. The van der Waals surface area contributed by atoms with Crippen LogP contribution in [0, 0.1) is 5.53 Å². The summed E-state index contributed by atoms with van der Waals surface area (Å²) in [6.45, 7) is 2.55. The Morgan fingerprint density at radius 3 is 2.60 bits per heavy atom. The molecule has 1 rings (SSSR count). The zero-order valence-corrected chi connectivity index (χ0v) is 5.78. The molecule has 0 aromatic carbocycles. The maximum atomic E-state index is 7.32. The van der Waals surface area contributed by atoms with Crippen LogP contribution in [0.1, 0.15) is 6.92 Å². The number of hydrogen-bond acceptors (Lipinski definition) is 3. The van der Waals surface area contributed by atoms with Gasteiger partial charge < -0.3 is 0 Å². The van der Waals surface area contributed by atoms with Crippen LogP contribution in [0.4, 0.5) is 5.69 Å². The molecule has 1 N–H and O–H groups in total. The van der Waals surface area contributed by atoms with Crippen LogP contribution in [0.25, 0.3) is 0 Å². The molecule has 0 saturated heterocycles. The molecular formula is C6H9N4+. The topological polar surface area (TPSA) is 52.6 Å². The fourth-order valence-corrected chi connectivity index (χ4v) is 0.613. The molecule has 0 fully saturated rings. The molecule has 0 aliphatic carbocycles. The van der Waals surface area contributed by atoms with Gasteiger partial charge in [-0.1, -0.05) is 10.2 Å². The van der Waals surface area contributed by atoms with Gasteiger partial charge in [0.2, 0.25) is 0 Å². The third-order valence-electron chi connectivity index (χ3n) is 1.17. The number of hydrogen-bond donors (Lipinski definition) is 1. The first kappa shape index (κ1) is 6.80. The molecule has 4 nitrogen and oxygen atoms in total. The summed E-state index contributed by atoms with van der Waals surface area (Å²) in [6, 6.07) is 0. The normalized spacial score (nSPS) is 9.30. The van der Waals surface area contributed by atoms with Gasteiger partial charge in [0, 0.05) is 0 Å². The van der Waals surface area contributed by atoms with Crippen molar-refractivity contribution in [2.24, 2.45) is 0 Å². The smallest absolute Gasteiger partial charge is 0.238 e. The fourth-order valence-electron chi connectivity index (χ4n) is 0.613. The average molecular weight is 137 g/mol. The maximum absolute atomic E-state index is 7.32. The van der Waals surface area contributed by atoms with Crippen molar-refractivity contribution in [2.75, 3.05) is 6.54 Å². The summed E-state index contributed by atoms with van der Waals surface area (Å²) in [7, 11) is 0. The molecule has 0 aliphatic heterocycles. The van der Waals surface area contributed by atoms with E-state index >= 15 is 0 Å². The minimum absolute atomic E-state index is 0.646. The largest absolute Gasteiger partial charge is 0.267 e. The highest BCUT2D eigenvalue weighted by molar-refractivity contribution is 5.18. The van der Waals surface area contributed by atoms with Crippen molar-refractivity contribution in [1.29, 1.82) is 5.53 Å². The Morgan fingerprint density at radius 2 is 2.10 bits per heavy atom. The summed E-state index contributed by atoms with van der Waals surface area (Å²) in [5.74, 6) is 0. The lowest BCUT2D eigenvalue weighted by atomic mass is 10.5. The van der Waals surface area contributed by atoms with Gasteiger partial charge in [-0.25, -0.2) is 9.97 Å². The second-order valence-electron chi connectivity index (χ2n) is 1.84. The molecule has 0 radical (unpaired) electrons. The van der Waals surface area contributed by atoms with E-state index in [4.69, 9.17) is 5.53 Å². The van der Waals surface area contributed by atoms with Gasteiger partial charge >= 0.3 is 0 Å². The van der Waals surface area contributed by atoms with Crippen molar-refractivity contribution in [3.05, 3.63) is 18.7 Å². The maximum Gasteiger partial charge on any atom is 0.267 e. The highest BCUT2D eigenvalue weighted by Crippen LogP contribution is 2.03. The minimum Gasteiger partial charge on any atom is -0.238 e. The highest BCUT2D eigenvalue weighted by atomic mass is 15.2. The predicted octanol–water partition coefficient (Wildman–Crippen LogP) is 1.17. The minimum atomic E-state index is 0.646. The summed E-state index contributed by atoms with van der Waals surface area (Å²) in [5.41, 5.74) is 8.04. The third-order valence-corrected chi connectivity index (χ3v) is 1.17. The van der Waals surface area contributed by atoms with Crippen molar-refractivity contribution >= 4 is 5.69 Å². The first-order valence-corrected chi connectivity index (χ1v) is 3.08. The SMILES string of the molecule is CC[N+](=N)c1cncnc1. The molecule has 0 amide bonds. The summed E-state index contributed by atoms with van der Waals surface area (Å²) < 4.78 is 1.33. The van der Waals surface area contributed by atoms with Gasteiger partial charge in [-0.3, -0.25) is 0 Å². The van der Waals surface area contributed by atoms with E-state index in [1.54, 1.807) is 12.4 Å². The van der Waals surface area contributed by atoms with Crippen LogP contribution in [0.5, 0.6) is 0 Å². The van der Waals surface area contributed by atoms with Gasteiger partial charge in [0.05, 0.1) is 0 Å². The van der Waals surface area contributed by atoms with Crippen molar-refractivity contribution < 1.29 is 4.70 Å². The van der Waals surface area contributed by atoms with Gasteiger partial charge in [0.1, 0.15) is 18.7 Å².